The molecule has 2 aromatic rings. The average molecular weight is 493 g/mol. The molecule has 1 amide bonds. The summed E-state index contributed by atoms with van der Waals surface area (Å²) in [5, 5.41) is 17.0. The lowest BCUT2D eigenvalue weighted by Crippen LogP contribution is -2.40. The van der Waals surface area contributed by atoms with Gasteiger partial charge < -0.3 is 20.1 Å². The van der Waals surface area contributed by atoms with E-state index >= 15 is 0 Å². The molecule has 0 aromatic heterocycles. The number of nitro groups is 1. The molecule has 0 atom stereocenters. The molecule has 1 fully saturated rings. The predicted molar refractivity (Wildman–Crippen MR) is 127 cm³/mol. The van der Waals surface area contributed by atoms with Crippen molar-refractivity contribution in [2.24, 2.45) is 0 Å². The molecule has 0 bridgehead atoms. The molecule has 2 aromatic carbocycles. The zero-order valence-electron chi connectivity index (χ0n) is 19.2. The van der Waals surface area contributed by atoms with Gasteiger partial charge in [0.15, 0.2) is 0 Å². The van der Waals surface area contributed by atoms with E-state index in [4.69, 9.17) is 9.47 Å². The number of nitro benzene ring substituents is 1. The Morgan fingerprint density at radius 3 is 2.50 bits per heavy atom. The molecule has 1 aliphatic heterocycles. The van der Waals surface area contributed by atoms with Crippen LogP contribution in [0.4, 0.5) is 17.1 Å². The van der Waals surface area contributed by atoms with Gasteiger partial charge in [-0.05, 0) is 51.1 Å². The number of rotatable bonds is 9. The summed E-state index contributed by atoms with van der Waals surface area (Å²) in [6.45, 7) is 6.95. The predicted octanol–water partition coefficient (Wildman–Crippen LogP) is 3.09. The van der Waals surface area contributed by atoms with Gasteiger partial charge in [-0.2, -0.15) is 4.31 Å². The lowest BCUT2D eigenvalue weighted by atomic mass is 10.1. The second-order valence-corrected chi connectivity index (χ2v) is 9.75. The SMILES string of the molecule is CCNc1ccc(C(=O)Nc2cc(S(=O)(=O)N3CCOCC3)ccc2OC(C)C)cc1[N+](=O)[O-]. The van der Waals surface area contributed by atoms with Gasteiger partial charge in [0.05, 0.1) is 34.8 Å². The molecule has 3 rings (SSSR count). The third-order valence-electron chi connectivity index (χ3n) is 4.99. The Morgan fingerprint density at radius 2 is 1.88 bits per heavy atom. The first-order chi connectivity index (χ1) is 16.1. The molecule has 0 spiro atoms. The minimum Gasteiger partial charge on any atom is -0.489 e. The molecule has 0 unspecified atom stereocenters. The average Bonchev–Trinajstić information content (AvgIpc) is 2.80. The first-order valence-corrected chi connectivity index (χ1v) is 12.3. The Bertz CT molecular complexity index is 1160. The number of benzene rings is 2. The molecule has 0 aliphatic carbocycles. The monoisotopic (exact) mass is 492 g/mol. The van der Waals surface area contributed by atoms with Gasteiger partial charge in [-0.3, -0.25) is 14.9 Å². The van der Waals surface area contributed by atoms with Crippen molar-refractivity contribution >= 4 is 33.0 Å². The van der Waals surface area contributed by atoms with Gasteiger partial charge in [-0.15, -0.1) is 0 Å². The maximum absolute atomic E-state index is 13.1. The minimum absolute atomic E-state index is 0.00530. The number of amides is 1. The van der Waals surface area contributed by atoms with Crippen LogP contribution >= 0.6 is 0 Å². The van der Waals surface area contributed by atoms with Crippen LogP contribution in [0.2, 0.25) is 0 Å². The van der Waals surface area contributed by atoms with Gasteiger partial charge in [0.2, 0.25) is 10.0 Å². The molecule has 0 saturated carbocycles. The number of hydrogen-bond donors (Lipinski definition) is 2. The van der Waals surface area contributed by atoms with Crippen molar-refractivity contribution in [1.82, 2.24) is 4.31 Å². The topological polar surface area (TPSA) is 140 Å². The first kappa shape index (κ1) is 25.4. The Labute approximate surface area is 198 Å². The van der Waals surface area contributed by atoms with Crippen LogP contribution in [0.25, 0.3) is 0 Å². The Morgan fingerprint density at radius 1 is 1.18 bits per heavy atom. The van der Waals surface area contributed by atoms with Crippen LogP contribution in [0.5, 0.6) is 5.75 Å². The van der Waals surface area contributed by atoms with Gasteiger partial charge in [0.25, 0.3) is 11.6 Å². The van der Waals surface area contributed by atoms with Crippen LogP contribution in [0.1, 0.15) is 31.1 Å². The van der Waals surface area contributed by atoms with Gasteiger partial charge in [0.1, 0.15) is 11.4 Å². The van der Waals surface area contributed by atoms with Crippen molar-refractivity contribution in [3.05, 3.63) is 52.1 Å². The lowest BCUT2D eigenvalue weighted by Gasteiger charge is -2.26. The van der Waals surface area contributed by atoms with Crippen LogP contribution in [0.3, 0.4) is 0 Å². The number of anilines is 2. The molecule has 1 aliphatic rings. The van der Waals surface area contributed by atoms with Gasteiger partial charge >= 0.3 is 0 Å². The highest BCUT2D eigenvalue weighted by Crippen LogP contribution is 2.32. The fourth-order valence-electron chi connectivity index (χ4n) is 3.42. The van der Waals surface area contributed by atoms with Crippen LogP contribution in [-0.4, -0.2) is 62.5 Å². The number of carbonyl (C=O) groups is 1. The summed E-state index contributed by atoms with van der Waals surface area (Å²) >= 11 is 0. The van der Waals surface area contributed by atoms with E-state index in [9.17, 15) is 23.3 Å². The molecule has 184 valence electrons. The van der Waals surface area contributed by atoms with E-state index < -0.39 is 20.9 Å². The third-order valence-corrected chi connectivity index (χ3v) is 6.89. The summed E-state index contributed by atoms with van der Waals surface area (Å²) in [7, 11) is -3.81. The summed E-state index contributed by atoms with van der Waals surface area (Å²) < 4.78 is 38.5. The van der Waals surface area contributed by atoms with E-state index in [0.29, 0.717) is 25.4 Å². The van der Waals surface area contributed by atoms with Crippen LogP contribution in [0.15, 0.2) is 41.3 Å². The number of carbonyl (C=O) groups excluding carboxylic acids is 1. The maximum atomic E-state index is 13.1. The van der Waals surface area contributed by atoms with Gasteiger partial charge in [-0.1, -0.05) is 0 Å². The smallest absolute Gasteiger partial charge is 0.293 e. The number of nitrogens with one attached hydrogen (secondary N) is 2. The van der Waals surface area contributed by atoms with Crippen molar-refractivity contribution < 1.29 is 27.6 Å². The molecular formula is C22H28N4O7S. The van der Waals surface area contributed by atoms with Crippen LogP contribution in [-0.2, 0) is 14.8 Å². The maximum Gasteiger partial charge on any atom is 0.293 e. The molecule has 1 saturated heterocycles. The van der Waals surface area contributed by atoms with E-state index in [1.165, 1.54) is 40.7 Å². The zero-order valence-corrected chi connectivity index (χ0v) is 20.1. The largest absolute Gasteiger partial charge is 0.489 e. The highest BCUT2D eigenvalue weighted by Gasteiger charge is 2.28. The highest BCUT2D eigenvalue weighted by atomic mass is 32.2. The molecule has 12 heteroatoms. The number of sulfonamides is 1. The quantitative estimate of drug-likeness (QED) is 0.402. The van der Waals surface area contributed by atoms with E-state index in [-0.39, 0.29) is 46.8 Å². The summed E-state index contributed by atoms with van der Waals surface area (Å²) in [5.74, 6) is -0.358. The third kappa shape index (κ3) is 5.82. The van der Waals surface area contributed by atoms with E-state index in [1.807, 2.05) is 0 Å². The number of morpholine rings is 1. The zero-order chi connectivity index (χ0) is 24.9. The fraction of sp³-hybridized carbons (Fsp3) is 0.409. The number of hydrogen-bond acceptors (Lipinski definition) is 8. The lowest BCUT2D eigenvalue weighted by molar-refractivity contribution is -0.384. The van der Waals surface area contributed by atoms with Crippen molar-refractivity contribution in [2.45, 2.75) is 31.8 Å². The van der Waals surface area contributed by atoms with E-state index in [1.54, 1.807) is 20.8 Å². The van der Waals surface area contributed by atoms with Crippen LogP contribution < -0.4 is 15.4 Å². The van der Waals surface area contributed by atoms with Crippen molar-refractivity contribution in [3.8, 4) is 5.75 Å². The standard InChI is InChI=1S/C22H28N4O7S/c1-4-23-18-7-5-16(13-20(18)26(28)29)22(27)24-19-14-17(6-8-21(19)33-15(2)3)34(30,31)25-9-11-32-12-10-25/h5-8,13-15,23H,4,9-12H2,1-3H3,(H,24,27). The van der Waals surface area contributed by atoms with Crippen molar-refractivity contribution in [2.75, 3.05) is 43.5 Å². The summed E-state index contributed by atoms with van der Waals surface area (Å²) in [5.41, 5.74) is 0.250. The van der Waals surface area contributed by atoms with Crippen LogP contribution in [0, 0.1) is 10.1 Å². The second kappa shape index (κ2) is 10.8. The first-order valence-electron chi connectivity index (χ1n) is 10.9. The van der Waals surface area contributed by atoms with Gasteiger partial charge in [-0.25, -0.2) is 8.42 Å². The second-order valence-electron chi connectivity index (χ2n) is 7.81. The molecule has 0 radical (unpaired) electrons. The summed E-state index contributed by atoms with van der Waals surface area (Å²) in [6.07, 6.45) is -0.238. The highest BCUT2D eigenvalue weighted by molar-refractivity contribution is 7.89. The minimum atomic E-state index is -3.81. The van der Waals surface area contributed by atoms with Crippen molar-refractivity contribution in [1.29, 1.82) is 0 Å². The van der Waals surface area contributed by atoms with Gasteiger partial charge in [0, 0.05) is 31.3 Å². The Hall–Kier alpha value is -3.22. The number of nitrogens with zero attached hydrogens (tertiary/aromatic N) is 2. The molecule has 1 heterocycles. The summed E-state index contributed by atoms with van der Waals surface area (Å²) in [6, 6.07) is 8.33. The molecule has 34 heavy (non-hydrogen) atoms. The fourth-order valence-corrected chi connectivity index (χ4v) is 4.85. The number of ether oxygens (including phenoxy) is 2. The summed E-state index contributed by atoms with van der Waals surface area (Å²) in [4.78, 5) is 23.8. The van der Waals surface area contributed by atoms with E-state index in [2.05, 4.69) is 10.6 Å². The van der Waals surface area contributed by atoms with Crippen molar-refractivity contribution in [3.63, 3.8) is 0 Å². The Kier molecular flexibility index (Phi) is 8.07. The normalized spacial score (nSPS) is 14.6. The Balaban J connectivity index is 1.95. The van der Waals surface area contributed by atoms with E-state index in [0.717, 1.165) is 0 Å². The molecular weight excluding hydrogens is 464 g/mol. The molecule has 2 N–H and O–H groups in total. The molecule has 11 nitrogen and oxygen atoms in total.